The SMILES string of the molecule is CC(CNC(=O)c1cnc(NN)c(Cl)c1)C(C)(C)C. The van der Waals surface area contributed by atoms with Crippen molar-refractivity contribution < 1.29 is 4.79 Å². The van der Waals surface area contributed by atoms with Crippen molar-refractivity contribution in [2.45, 2.75) is 27.7 Å². The Bertz CT molecular complexity index is 456. The van der Waals surface area contributed by atoms with E-state index in [1.807, 2.05) is 0 Å². The third-order valence-corrected chi connectivity index (χ3v) is 3.58. The van der Waals surface area contributed by atoms with Gasteiger partial charge in [0, 0.05) is 12.7 Å². The minimum atomic E-state index is -0.186. The Morgan fingerprint density at radius 2 is 2.16 bits per heavy atom. The Morgan fingerprint density at radius 3 is 2.63 bits per heavy atom. The van der Waals surface area contributed by atoms with Gasteiger partial charge < -0.3 is 10.7 Å². The van der Waals surface area contributed by atoms with Crippen molar-refractivity contribution >= 4 is 23.3 Å². The van der Waals surface area contributed by atoms with E-state index in [1.165, 1.54) is 6.20 Å². The lowest BCUT2D eigenvalue weighted by atomic mass is 9.82. The second-order valence-corrected chi connectivity index (χ2v) is 6.08. The molecule has 0 saturated heterocycles. The van der Waals surface area contributed by atoms with E-state index in [1.54, 1.807) is 6.07 Å². The zero-order chi connectivity index (χ0) is 14.6. The lowest BCUT2D eigenvalue weighted by Gasteiger charge is -2.27. The zero-order valence-electron chi connectivity index (χ0n) is 11.7. The number of rotatable bonds is 4. The second kappa shape index (κ2) is 6.21. The molecule has 1 heterocycles. The van der Waals surface area contributed by atoms with E-state index in [4.69, 9.17) is 17.4 Å². The smallest absolute Gasteiger partial charge is 0.252 e. The van der Waals surface area contributed by atoms with Gasteiger partial charge in [0.15, 0.2) is 5.82 Å². The van der Waals surface area contributed by atoms with Crippen molar-refractivity contribution in [3.8, 4) is 0 Å². The van der Waals surface area contributed by atoms with Crippen LogP contribution in [-0.2, 0) is 0 Å². The third-order valence-electron chi connectivity index (χ3n) is 3.29. The standard InChI is InChI=1S/C13H21ClN4O/c1-8(13(2,3)4)6-17-12(19)9-5-10(14)11(18-15)16-7-9/h5,7-8H,6,15H2,1-4H3,(H,16,18)(H,17,19). The van der Waals surface area contributed by atoms with Crippen LogP contribution in [0.25, 0.3) is 0 Å². The van der Waals surface area contributed by atoms with Crippen LogP contribution in [0.15, 0.2) is 12.3 Å². The van der Waals surface area contributed by atoms with Gasteiger partial charge in [0.25, 0.3) is 5.91 Å². The molecule has 0 fully saturated rings. The Labute approximate surface area is 118 Å². The zero-order valence-corrected chi connectivity index (χ0v) is 12.5. The molecule has 1 amide bonds. The predicted octanol–water partition coefficient (Wildman–Crippen LogP) is 2.43. The van der Waals surface area contributed by atoms with Gasteiger partial charge in [-0.25, -0.2) is 10.8 Å². The van der Waals surface area contributed by atoms with Gasteiger partial charge in [-0.05, 0) is 17.4 Å². The van der Waals surface area contributed by atoms with Crippen LogP contribution in [0.4, 0.5) is 5.82 Å². The monoisotopic (exact) mass is 284 g/mol. The molecule has 0 aliphatic rings. The van der Waals surface area contributed by atoms with Crippen LogP contribution in [0.3, 0.4) is 0 Å². The van der Waals surface area contributed by atoms with Crippen LogP contribution in [-0.4, -0.2) is 17.4 Å². The summed E-state index contributed by atoms with van der Waals surface area (Å²) >= 11 is 5.92. The molecular weight excluding hydrogens is 264 g/mol. The van der Waals surface area contributed by atoms with Gasteiger partial charge in [-0.3, -0.25) is 4.79 Å². The van der Waals surface area contributed by atoms with Gasteiger partial charge in [0.05, 0.1) is 10.6 Å². The highest BCUT2D eigenvalue weighted by Crippen LogP contribution is 2.24. The summed E-state index contributed by atoms with van der Waals surface area (Å²) in [6.07, 6.45) is 1.44. The molecule has 0 saturated carbocycles. The summed E-state index contributed by atoms with van der Waals surface area (Å²) < 4.78 is 0. The van der Waals surface area contributed by atoms with E-state index < -0.39 is 0 Å². The molecule has 6 heteroatoms. The van der Waals surface area contributed by atoms with Crippen molar-refractivity contribution in [1.29, 1.82) is 0 Å². The largest absolute Gasteiger partial charge is 0.352 e. The molecule has 5 nitrogen and oxygen atoms in total. The summed E-state index contributed by atoms with van der Waals surface area (Å²) in [5.41, 5.74) is 2.93. The lowest BCUT2D eigenvalue weighted by Crippen LogP contribution is -2.33. The number of amides is 1. The number of pyridine rings is 1. The molecule has 1 rings (SSSR count). The average molecular weight is 285 g/mol. The molecule has 1 aromatic heterocycles. The van der Waals surface area contributed by atoms with Crippen molar-refractivity contribution in [3.05, 3.63) is 22.8 Å². The van der Waals surface area contributed by atoms with Crippen molar-refractivity contribution in [3.63, 3.8) is 0 Å². The maximum Gasteiger partial charge on any atom is 0.252 e. The molecule has 1 atom stereocenters. The van der Waals surface area contributed by atoms with Crippen LogP contribution in [0.2, 0.25) is 5.02 Å². The first-order chi connectivity index (χ1) is 8.75. The Hall–Kier alpha value is -1.33. The first kappa shape index (κ1) is 15.7. The highest BCUT2D eigenvalue weighted by atomic mass is 35.5. The van der Waals surface area contributed by atoms with Gasteiger partial charge in [-0.15, -0.1) is 0 Å². The number of hydrazine groups is 1. The van der Waals surface area contributed by atoms with Gasteiger partial charge in [-0.1, -0.05) is 39.3 Å². The van der Waals surface area contributed by atoms with Crippen LogP contribution in [0.5, 0.6) is 0 Å². The number of nitrogens with one attached hydrogen (secondary N) is 2. The fraction of sp³-hybridized carbons (Fsp3) is 0.538. The molecule has 4 N–H and O–H groups in total. The average Bonchev–Trinajstić information content (AvgIpc) is 2.34. The number of nitrogens with two attached hydrogens (primary N) is 1. The first-order valence-corrected chi connectivity index (χ1v) is 6.54. The summed E-state index contributed by atoms with van der Waals surface area (Å²) in [6.45, 7) is 9.14. The lowest BCUT2D eigenvalue weighted by molar-refractivity contribution is 0.0936. The van der Waals surface area contributed by atoms with E-state index in [9.17, 15) is 4.79 Å². The topological polar surface area (TPSA) is 80.0 Å². The summed E-state index contributed by atoms with van der Waals surface area (Å²) in [5.74, 6) is 5.75. The number of nitrogens with zero attached hydrogens (tertiary/aromatic N) is 1. The second-order valence-electron chi connectivity index (χ2n) is 5.68. The number of nitrogen functional groups attached to an aromatic ring is 1. The van der Waals surface area contributed by atoms with Gasteiger partial charge in [0.1, 0.15) is 0 Å². The third kappa shape index (κ3) is 4.36. The molecule has 19 heavy (non-hydrogen) atoms. The van der Waals surface area contributed by atoms with Gasteiger partial charge in [0.2, 0.25) is 0 Å². The van der Waals surface area contributed by atoms with Crippen LogP contribution >= 0.6 is 11.6 Å². The maximum absolute atomic E-state index is 12.0. The predicted molar refractivity (Wildman–Crippen MR) is 78.0 cm³/mol. The van der Waals surface area contributed by atoms with Crippen LogP contribution < -0.4 is 16.6 Å². The normalized spacial score (nSPS) is 12.9. The Balaban J connectivity index is 2.67. The van der Waals surface area contributed by atoms with E-state index in [0.29, 0.717) is 28.9 Å². The molecule has 0 aliphatic carbocycles. The molecule has 0 bridgehead atoms. The number of hydrogen-bond donors (Lipinski definition) is 3. The van der Waals surface area contributed by atoms with E-state index in [-0.39, 0.29) is 11.3 Å². The number of anilines is 1. The van der Waals surface area contributed by atoms with E-state index >= 15 is 0 Å². The van der Waals surface area contributed by atoms with Crippen LogP contribution in [0.1, 0.15) is 38.1 Å². The molecular formula is C13H21ClN4O. The highest BCUT2D eigenvalue weighted by molar-refractivity contribution is 6.33. The summed E-state index contributed by atoms with van der Waals surface area (Å²) in [4.78, 5) is 15.9. The van der Waals surface area contributed by atoms with E-state index in [2.05, 4.69) is 43.4 Å². The first-order valence-electron chi connectivity index (χ1n) is 6.16. The maximum atomic E-state index is 12.0. The molecule has 0 aliphatic heterocycles. The van der Waals surface area contributed by atoms with Crippen LogP contribution in [0, 0.1) is 11.3 Å². The number of carbonyl (C=O) groups excluding carboxylic acids is 1. The number of hydrogen-bond acceptors (Lipinski definition) is 4. The minimum absolute atomic E-state index is 0.149. The number of aromatic nitrogens is 1. The van der Waals surface area contributed by atoms with Gasteiger partial charge >= 0.3 is 0 Å². The minimum Gasteiger partial charge on any atom is -0.352 e. The fourth-order valence-electron chi connectivity index (χ4n) is 1.32. The van der Waals surface area contributed by atoms with E-state index in [0.717, 1.165) is 0 Å². The summed E-state index contributed by atoms with van der Waals surface area (Å²) in [7, 11) is 0. The van der Waals surface area contributed by atoms with Crippen molar-refractivity contribution in [1.82, 2.24) is 10.3 Å². The van der Waals surface area contributed by atoms with Crippen molar-refractivity contribution in [2.24, 2.45) is 17.2 Å². The summed E-state index contributed by atoms with van der Waals surface area (Å²) in [6, 6.07) is 1.54. The Morgan fingerprint density at radius 1 is 1.53 bits per heavy atom. The molecule has 0 radical (unpaired) electrons. The molecule has 0 spiro atoms. The Kier molecular flexibility index (Phi) is 5.14. The molecule has 0 aromatic carbocycles. The highest BCUT2D eigenvalue weighted by Gasteiger charge is 2.20. The van der Waals surface area contributed by atoms with Crippen molar-refractivity contribution in [2.75, 3.05) is 12.0 Å². The number of carbonyl (C=O) groups is 1. The number of halogens is 1. The quantitative estimate of drug-likeness (QED) is 0.586. The fourth-order valence-corrected chi connectivity index (χ4v) is 1.54. The molecule has 1 aromatic rings. The van der Waals surface area contributed by atoms with Gasteiger partial charge in [-0.2, -0.15) is 0 Å². The molecule has 106 valence electrons. The summed E-state index contributed by atoms with van der Waals surface area (Å²) in [5, 5.41) is 3.20. The molecule has 1 unspecified atom stereocenters.